The number of nitrogens with zero attached hydrogens (tertiary/aromatic N) is 2. The van der Waals surface area contributed by atoms with Gasteiger partial charge in [-0.3, -0.25) is 4.79 Å². The third-order valence-electron chi connectivity index (χ3n) is 2.11. The van der Waals surface area contributed by atoms with Crippen LogP contribution >= 0.6 is 0 Å². The molecule has 0 atom stereocenters. The number of rotatable bonds is 2. The summed E-state index contributed by atoms with van der Waals surface area (Å²) in [5.74, 6) is -0.237. The Bertz CT molecular complexity index is 376. The minimum absolute atomic E-state index is 0.0200. The zero-order valence-electron chi connectivity index (χ0n) is 7.52. The van der Waals surface area contributed by atoms with Gasteiger partial charge in [0.15, 0.2) is 0 Å². The lowest BCUT2D eigenvalue weighted by molar-refractivity contribution is -0.125. The predicted molar refractivity (Wildman–Crippen MR) is 42.6 cm³/mol. The third kappa shape index (κ3) is 1.39. The SMILES string of the molecule is COC(=O)c1noc(C2CC(=O)C2)n1. The molecule has 1 aromatic heterocycles. The molecule has 6 heteroatoms. The lowest BCUT2D eigenvalue weighted by Gasteiger charge is -2.19. The van der Waals surface area contributed by atoms with Crippen LogP contribution in [0.2, 0.25) is 0 Å². The van der Waals surface area contributed by atoms with Crippen LogP contribution in [0.15, 0.2) is 4.52 Å². The molecule has 0 amide bonds. The summed E-state index contributed by atoms with van der Waals surface area (Å²) in [5, 5.41) is 3.44. The molecule has 14 heavy (non-hydrogen) atoms. The van der Waals surface area contributed by atoms with Crippen molar-refractivity contribution in [3.63, 3.8) is 0 Å². The molecule has 1 saturated carbocycles. The number of carbonyl (C=O) groups is 2. The topological polar surface area (TPSA) is 82.3 Å². The highest BCUT2D eigenvalue weighted by molar-refractivity contribution is 5.86. The number of ketones is 1. The van der Waals surface area contributed by atoms with E-state index >= 15 is 0 Å². The highest BCUT2D eigenvalue weighted by Crippen LogP contribution is 2.32. The Morgan fingerprint density at radius 3 is 2.86 bits per heavy atom. The predicted octanol–water partition coefficient (Wildman–Crippen LogP) is 0.303. The average Bonchev–Trinajstić information content (AvgIpc) is 2.60. The molecule has 0 aromatic carbocycles. The molecule has 0 bridgehead atoms. The van der Waals surface area contributed by atoms with Gasteiger partial charge in [0.25, 0.3) is 5.82 Å². The van der Waals surface area contributed by atoms with Gasteiger partial charge in [0.1, 0.15) is 5.78 Å². The maximum Gasteiger partial charge on any atom is 0.379 e. The summed E-state index contributed by atoms with van der Waals surface area (Å²) in [5.41, 5.74) is 0. The molecule has 0 saturated heterocycles. The number of Topliss-reactive ketones (excluding diaryl/α,β-unsaturated/α-hetero) is 1. The number of ether oxygens (including phenoxy) is 1. The van der Waals surface area contributed by atoms with E-state index in [-0.39, 0.29) is 17.5 Å². The van der Waals surface area contributed by atoms with Gasteiger partial charge >= 0.3 is 5.97 Å². The van der Waals surface area contributed by atoms with E-state index in [0.29, 0.717) is 18.7 Å². The highest BCUT2D eigenvalue weighted by atomic mass is 16.5. The first kappa shape index (κ1) is 8.86. The molecular formula is C8H8N2O4. The number of esters is 1. The van der Waals surface area contributed by atoms with Crippen LogP contribution in [0.3, 0.4) is 0 Å². The molecule has 6 nitrogen and oxygen atoms in total. The summed E-state index contributed by atoms with van der Waals surface area (Å²) in [6, 6.07) is 0. The summed E-state index contributed by atoms with van der Waals surface area (Å²) in [4.78, 5) is 25.5. The average molecular weight is 196 g/mol. The van der Waals surface area contributed by atoms with Gasteiger partial charge in [-0.1, -0.05) is 0 Å². The monoisotopic (exact) mass is 196 g/mol. The van der Waals surface area contributed by atoms with Crippen molar-refractivity contribution in [2.75, 3.05) is 7.11 Å². The fourth-order valence-electron chi connectivity index (χ4n) is 1.24. The molecule has 0 aliphatic heterocycles. The van der Waals surface area contributed by atoms with Crippen molar-refractivity contribution in [1.82, 2.24) is 10.1 Å². The minimum atomic E-state index is -0.634. The number of hydrogen-bond acceptors (Lipinski definition) is 6. The molecule has 1 aromatic rings. The van der Waals surface area contributed by atoms with Crippen molar-refractivity contribution in [3.8, 4) is 0 Å². The van der Waals surface area contributed by atoms with Crippen LogP contribution in [0.5, 0.6) is 0 Å². The van der Waals surface area contributed by atoms with Crippen LogP contribution < -0.4 is 0 Å². The Labute approximate surface area is 79.2 Å². The largest absolute Gasteiger partial charge is 0.463 e. The normalized spacial score (nSPS) is 16.5. The summed E-state index contributed by atoms with van der Waals surface area (Å²) in [6.07, 6.45) is 0.839. The van der Waals surface area contributed by atoms with Crippen LogP contribution in [-0.4, -0.2) is 29.0 Å². The van der Waals surface area contributed by atoms with E-state index in [4.69, 9.17) is 4.52 Å². The van der Waals surface area contributed by atoms with E-state index in [0.717, 1.165) is 0 Å². The highest BCUT2D eigenvalue weighted by Gasteiger charge is 2.33. The van der Waals surface area contributed by atoms with Crippen molar-refractivity contribution in [2.24, 2.45) is 0 Å². The standard InChI is InChI=1S/C8H8N2O4/c1-13-8(12)6-9-7(14-10-6)4-2-5(11)3-4/h4H,2-3H2,1H3. The molecule has 1 heterocycles. The van der Waals surface area contributed by atoms with Gasteiger partial charge in [0, 0.05) is 12.8 Å². The lowest BCUT2D eigenvalue weighted by atomic mass is 9.84. The second kappa shape index (κ2) is 3.21. The van der Waals surface area contributed by atoms with Crippen LogP contribution in [0.1, 0.15) is 35.3 Å². The van der Waals surface area contributed by atoms with Gasteiger partial charge in [0.2, 0.25) is 5.89 Å². The second-order valence-corrected chi connectivity index (χ2v) is 3.09. The van der Waals surface area contributed by atoms with Gasteiger partial charge < -0.3 is 9.26 Å². The van der Waals surface area contributed by atoms with E-state index in [2.05, 4.69) is 14.9 Å². The van der Waals surface area contributed by atoms with Crippen LogP contribution in [0, 0.1) is 0 Å². The van der Waals surface area contributed by atoms with Gasteiger partial charge in [0.05, 0.1) is 13.0 Å². The molecule has 0 radical (unpaired) electrons. The first-order valence-electron chi connectivity index (χ1n) is 4.14. The zero-order chi connectivity index (χ0) is 10.1. The molecule has 1 aliphatic rings. The van der Waals surface area contributed by atoms with Gasteiger partial charge in [-0.15, -0.1) is 0 Å². The van der Waals surface area contributed by atoms with E-state index < -0.39 is 5.97 Å². The smallest absolute Gasteiger partial charge is 0.379 e. The van der Waals surface area contributed by atoms with E-state index in [1.54, 1.807) is 0 Å². The summed E-state index contributed by atoms with van der Waals surface area (Å²) < 4.78 is 9.24. The summed E-state index contributed by atoms with van der Waals surface area (Å²) in [7, 11) is 1.24. The molecule has 0 unspecified atom stereocenters. The Morgan fingerprint density at radius 2 is 2.29 bits per heavy atom. The Balaban J connectivity index is 2.10. The summed E-state index contributed by atoms with van der Waals surface area (Å²) in [6.45, 7) is 0. The number of methoxy groups -OCH3 is 1. The molecule has 0 spiro atoms. The first-order chi connectivity index (χ1) is 6.70. The molecule has 1 fully saturated rings. The van der Waals surface area contributed by atoms with Crippen LogP contribution in [0.4, 0.5) is 0 Å². The lowest BCUT2D eigenvalue weighted by Crippen LogP contribution is -2.21. The van der Waals surface area contributed by atoms with Crippen LogP contribution in [-0.2, 0) is 9.53 Å². The number of hydrogen-bond donors (Lipinski definition) is 0. The maximum atomic E-state index is 10.9. The Morgan fingerprint density at radius 1 is 1.57 bits per heavy atom. The Kier molecular flexibility index (Phi) is 2.03. The fourth-order valence-corrected chi connectivity index (χ4v) is 1.24. The molecule has 2 rings (SSSR count). The summed E-state index contributed by atoms with van der Waals surface area (Å²) >= 11 is 0. The van der Waals surface area contributed by atoms with Crippen molar-refractivity contribution in [1.29, 1.82) is 0 Å². The van der Waals surface area contributed by atoms with E-state index in [9.17, 15) is 9.59 Å². The van der Waals surface area contributed by atoms with Gasteiger partial charge in [-0.05, 0) is 5.16 Å². The quantitative estimate of drug-likeness (QED) is 0.633. The third-order valence-corrected chi connectivity index (χ3v) is 2.11. The van der Waals surface area contributed by atoms with Crippen molar-refractivity contribution in [2.45, 2.75) is 18.8 Å². The van der Waals surface area contributed by atoms with Crippen LogP contribution in [0.25, 0.3) is 0 Å². The second-order valence-electron chi connectivity index (χ2n) is 3.09. The molecule has 1 aliphatic carbocycles. The molecule has 0 N–H and O–H groups in total. The van der Waals surface area contributed by atoms with Gasteiger partial charge in [-0.25, -0.2) is 4.79 Å². The molecular weight excluding hydrogens is 188 g/mol. The van der Waals surface area contributed by atoms with E-state index in [1.807, 2.05) is 0 Å². The zero-order valence-corrected chi connectivity index (χ0v) is 7.52. The molecule has 74 valence electrons. The van der Waals surface area contributed by atoms with Crippen molar-refractivity contribution in [3.05, 3.63) is 11.7 Å². The van der Waals surface area contributed by atoms with Crippen molar-refractivity contribution >= 4 is 11.8 Å². The van der Waals surface area contributed by atoms with E-state index in [1.165, 1.54) is 7.11 Å². The minimum Gasteiger partial charge on any atom is -0.463 e. The van der Waals surface area contributed by atoms with Gasteiger partial charge in [-0.2, -0.15) is 4.98 Å². The Hall–Kier alpha value is -1.72. The fraction of sp³-hybridized carbons (Fsp3) is 0.500. The van der Waals surface area contributed by atoms with Crippen molar-refractivity contribution < 1.29 is 18.8 Å². The first-order valence-corrected chi connectivity index (χ1v) is 4.14. The number of carbonyl (C=O) groups excluding carboxylic acids is 2. The number of aromatic nitrogens is 2. The maximum absolute atomic E-state index is 10.9.